The molecule has 2 rings (SSSR count). The van der Waals surface area contributed by atoms with Crippen molar-refractivity contribution in [1.82, 2.24) is 10.3 Å². The van der Waals surface area contributed by atoms with Crippen molar-refractivity contribution in [2.45, 2.75) is 37.8 Å². The predicted molar refractivity (Wildman–Crippen MR) is 69.4 cm³/mol. The Morgan fingerprint density at radius 1 is 1.35 bits per heavy atom. The van der Waals surface area contributed by atoms with Gasteiger partial charge in [-0.25, -0.2) is 0 Å². The van der Waals surface area contributed by atoms with E-state index in [0.717, 1.165) is 31.4 Å². The highest BCUT2D eigenvalue weighted by atomic mass is 35.5. The van der Waals surface area contributed by atoms with Crippen molar-refractivity contribution in [3.63, 3.8) is 0 Å². The van der Waals surface area contributed by atoms with Gasteiger partial charge in [0, 0.05) is 18.3 Å². The maximum absolute atomic E-state index is 9.47. The molecule has 2 N–H and O–H groups in total. The number of hydrogen-bond donors (Lipinski definition) is 2. The first-order valence-electron chi connectivity index (χ1n) is 5.81. The van der Waals surface area contributed by atoms with Crippen LogP contribution in [0.3, 0.4) is 0 Å². The van der Waals surface area contributed by atoms with Crippen molar-refractivity contribution in [1.29, 1.82) is 0 Å². The van der Waals surface area contributed by atoms with Crippen LogP contribution in [-0.4, -0.2) is 22.2 Å². The highest BCUT2D eigenvalue weighted by Gasteiger charge is 2.32. The van der Waals surface area contributed by atoms with Crippen LogP contribution in [0.2, 0.25) is 10.0 Å². The molecule has 0 unspecified atom stereocenters. The van der Waals surface area contributed by atoms with E-state index in [1.807, 2.05) is 0 Å². The van der Waals surface area contributed by atoms with E-state index in [1.165, 1.54) is 0 Å². The van der Waals surface area contributed by atoms with Crippen LogP contribution in [0.1, 0.15) is 31.4 Å². The van der Waals surface area contributed by atoms with Gasteiger partial charge in [-0.15, -0.1) is 0 Å². The standard InChI is InChI=1S/C12H16Cl2N2O/c13-9-5-10(14)11(15-6-9)7-16-12(8-17)3-1-2-4-12/h5-6,16-17H,1-4,7-8H2. The Hall–Kier alpha value is -0.350. The third kappa shape index (κ3) is 3.10. The van der Waals surface area contributed by atoms with Gasteiger partial charge in [-0.05, 0) is 18.9 Å². The molecule has 94 valence electrons. The third-order valence-electron chi connectivity index (χ3n) is 3.38. The van der Waals surface area contributed by atoms with Gasteiger partial charge < -0.3 is 10.4 Å². The Morgan fingerprint density at radius 2 is 2.06 bits per heavy atom. The summed E-state index contributed by atoms with van der Waals surface area (Å²) in [6.07, 6.45) is 5.93. The Kier molecular flexibility index (Phi) is 4.26. The normalized spacial score (nSPS) is 18.5. The average Bonchev–Trinajstić information content (AvgIpc) is 2.77. The fraction of sp³-hybridized carbons (Fsp3) is 0.583. The van der Waals surface area contributed by atoms with Crippen molar-refractivity contribution in [2.75, 3.05) is 6.61 Å². The molecule has 0 bridgehead atoms. The summed E-state index contributed by atoms with van der Waals surface area (Å²) in [6, 6.07) is 1.69. The summed E-state index contributed by atoms with van der Waals surface area (Å²) in [5.41, 5.74) is 0.626. The molecule has 0 aromatic carbocycles. The van der Waals surface area contributed by atoms with E-state index in [4.69, 9.17) is 23.2 Å². The number of nitrogens with zero attached hydrogens (tertiary/aromatic N) is 1. The maximum atomic E-state index is 9.47. The minimum absolute atomic E-state index is 0.148. The van der Waals surface area contributed by atoms with Gasteiger partial charge in [0.25, 0.3) is 0 Å². The summed E-state index contributed by atoms with van der Waals surface area (Å²) in [5.74, 6) is 0. The molecule has 0 radical (unpaired) electrons. The van der Waals surface area contributed by atoms with Gasteiger partial charge >= 0.3 is 0 Å². The second kappa shape index (κ2) is 5.53. The van der Waals surface area contributed by atoms with Crippen LogP contribution in [0.5, 0.6) is 0 Å². The molecule has 0 amide bonds. The molecule has 5 heteroatoms. The molecule has 1 aromatic heterocycles. The molecule has 0 atom stereocenters. The van der Waals surface area contributed by atoms with Gasteiger partial charge in [0.2, 0.25) is 0 Å². The minimum atomic E-state index is -0.148. The van der Waals surface area contributed by atoms with Crippen molar-refractivity contribution in [3.8, 4) is 0 Å². The van der Waals surface area contributed by atoms with Gasteiger partial charge in [0.1, 0.15) is 0 Å². The third-order valence-corrected chi connectivity index (χ3v) is 3.91. The number of aliphatic hydroxyl groups excluding tert-OH is 1. The predicted octanol–water partition coefficient (Wildman–Crippen LogP) is 2.78. The number of hydrogen-bond acceptors (Lipinski definition) is 3. The van der Waals surface area contributed by atoms with E-state index in [0.29, 0.717) is 16.6 Å². The molecule has 1 fully saturated rings. The van der Waals surface area contributed by atoms with Crippen LogP contribution in [0.4, 0.5) is 0 Å². The monoisotopic (exact) mass is 274 g/mol. The highest BCUT2D eigenvalue weighted by Crippen LogP contribution is 2.29. The molecule has 0 saturated heterocycles. The van der Waals surface area contributed by atoms with Crippen molar-refractivity contribution < 1.29 is 5.11 Å². The first-order valence-corrected chi connectivity index (χ1v) is 6.57. The van der Waals surface area contributed by atoms with Gasteiger partial charge in [-0.2, -0.15) is 0 Å². The zero-order chi connectivity index (χ0) is 12.3. The second-order valence-corrected chi connectivity index (χ2v) is 5.42. The second-order valence-electron chi connectivity index (χ2n) is 4.58. The molecule has 1 aromatic rings. The Balaban J connectivity index is 2.01. The highest BCUT2D eigenvalue weighted by molar-refractivity contribution is 6.34. The zero-order valence-corrected chi connectivity index (χ0v) is 11.1. The van der Waals surface area contributed by atoms with Gasteiger partial charge in [0.05, 0.1) is 22.3 Å². The Morgan fingerprint density at radius 3 is 2.65 bits per heavy atom. The molecule has 1 aliphatic rings. The number of aliphatic hydroxyl groups is 1. The lowest BCUT2D eigenvalue weighted by molar-refractivity contribution is 0.162. The van der Waals surface area contributed by atoms with E-state index in [1.54, 1.807) is 12.3 Å². The quantitative estimate of drug-likeness (QED) is 0.888. The molecular weight excluding hydrogens is 259 g/mol. The van der Waals surface area contributed by atoms with Gasteiger partial charge in [-0.1, -0.05) is 36.0 Å². The average molecular weight is 275 g/mol. The van der Waals surface area contributed by atoms with Crippen molar-refractivity contribution in [3.05, 3.63) is 28.0 Å². The summed E-state index contributed by atoms with van der Waals surface area (Å²) in [4.78, 5) is 4.20. The summed E-state index contributed by atoms with van der Waals surface area (Å²) in [7, 11) is 0. The van der Waals surface area contributed by atoms with E-state index in [-0.39, 0.29) is 12.1 Å². The molecule has 1 saturated carbocycles. The largest absolute Gasteiger partial charge is 0.394 e. The lowest BCUT2D eigenvalue weighted by atomic mass is 9.99. The maximum Gasteiger partial charge on any atom is 0.0728 e. The lowest BCUT2D eigenvalue weighted by Crippen LogP contribution is -2.45. The van der Waals surface area contributed by atoms with Crippen LogP contribution in [0.15, 0.2) is 12.3 Å². The molecule has 0 spiro atoms. The van der Waals surface area contributed by atoms with E-state index in [9.17, 15) is 5.11 Å². The van der Waals surface area contributed by atoms with Crippen molar-refractivity contribution >= 4 is 23.2 Å². The lowest BCUT2D eigenvalue weighted by Gasteiger charge is -2.28. The number of pyridine rings is 1. The first kappa shape index (κ1) is 13.1. The zero-order valence-electron chi connectivity index (χ0n) is 9.55. The van der Waals surface area contributed by atoms with Gasteiger partial charge in [-0.3, -0.25) is 4.98 Å². The smallest absolute Gasteiger partial charge is 0.0728 e. The summed E-state index contributed by atoms with van der Waals surface area (Å²) < 4.78 is 0. The van der Waals surface area contributed by atoms with Crippen LogP contribution in [0.25, 0.3) is 0 Å². The van der Waals surface area contributed by atoms with Crippen LogP contribution < -0.4 is 5.32 Å². The molecule has 1 aliphatic carbocycles. The van der Waals surface area contributed by atoms with E-state index >= 15 is 0 Å². The number of halogens is 2. The summed E-state index contributed by atoms with van der Waals surface area (Å²) in [5, 5.41) is 14.0. The Labute approximate surface area is 111 Å². The van der Waals surface area contributed by atoms with E-state index < -0.39 is 0 Å². The van der Waals surface area contributed by atoms with Crippen LogP contribution in [0, 0.1) is 0 Å². The van der Waals surface area contributed by atoms with Crippen LogP contribution >= 0.6 is 23.2 Å². The first-order chi connectivity index (χ1) is 8.15. The number of nitrogens with one attached hydrogen (secondary N) is 1. The van der Waals surface area contributed by atoms with Gasteiger partial charge in [0.15, 0.2) is 0 Å². The van der Waals surface area contributed by atoms with Crippen LogP contribution in [-0.2, 0) is 6.54 Å². The fourth-order valence-electron chi connectivity index (χ4n) is 2.29. The molecule has 17 heavy (non-hydrogen) atoms. The topological polar surface area (TPSA) is 45.1 Å². The fourth-order valence-corrected chi connectivity index (χ4v) is 2.73. The summed E-state index contributed by atoms with van der Waals surface area (Å²) in [6.45, 7) is 0.731. The molecule has 0 aliphatic heterocycles. The van der Waals surface area contributed by atoms with E-state index in [2.05, 4.69) is 10.3 Å². The number of aromatic nitrogens is 1. The molecule has 3 nitrogen and oxygen atoms in total. The molecule has 1 heterocycles. The summed E-state index contributed by atoms with van der Waals surface area (Å²) >= 11 is 11.8. The SMILES string of the molecule is OCC1(NCc2ncc(Cl)cc2Cl)CCCC1. The van der Waals surface area contributed by atoms with Crippen molar-refractivity contribution in [2.24, 2.45) is 0 Å². The number of rotatable bonds is 4. The Bertz CT molecular complexity index is 392. The minimum Gasteiger partial charge on any atom is -0.394 e. The molecular formula is C12H16Cl2N2O.